The number of rotatable bonds is 6. The lowest BCUT2D eigenvalue weighted by Crippen LogP contribution is -2.22. The maximum Gasteiger partial charge on any atom is 0.238 e. The van der Waals surface area contributed by atoms with Gasteiger partial charge in [-0.3, -0.25) is 10.2 Å². The van der Waals surface area contributed by atoms with E-state index in [2.05, 4.69) is 26.3 Å². The van der Waals surface area contributed by atoms with Crippen molar-refractivity contribution in [1.82, 2.24) is 9.66 Å². The Hall–Kier alpha value is -2.34. The predicted octanol–water partition coefficient (Wildman–Crippen LogP) is 3.73. The first kappa shape index (κ1) is 15.6. The number of imidazole rings is 1. The monoisotopic (exact) mass is 373 g/mol. The topological polar surface area (TPSA) is 56.1 Å². The summed E-state index contributed by atoms with van der Waals surface area (Å²) in [5, 5.41) is 0. The highest BCUT2D eigenvalue weighted by Gasteiger charge is 2.06. The van der Waals surface area contributed by atoms with Gasteiger partial charge in [-0.25, -0.2) is 9.66 Å². The van der Waals surface area contributed by atoms with Gasteiger partial charge >= 0.3 is 0 Å². The highest BCUT2D eigenvalue weighted by molar-refractivity contribution is 9.10. The first-order valence-corrected chi connectivity index (χ1v) is 8.12. The van der Waals surface area contributed by atoms with Gasteiger partial charge in [0.2, 0.25) is 5.91 Å². The lowest BCUT2D eigenvalue weighted by Gasteiger charge is -2.09. The first-order valence-electron chi connectivity index (χ1n) is 7.33. The van der Waals surface area contributed by atoms with Crippen molar-refractivity contribution in [2.75, 3.05) is 12.0 Å². The van der Waals surface area contributed by atoms with Crippen LogP contribution in [-0.2, 0) is 4.79 Å². The molecule has 0 fully saturated rings. The lowest BCUT2D eigenvalue weighted by atomic mass is 10.3. The Morgan fingerprint density at radius 2 is 1.96 bits per heavy atom. The van der Waals surface area contributed by atoms with E-state index in [1.807, 2.05) is 48.5 Å². The molecule has 1 amide bonds. The van der Waals surface area contributed by atoms with Crippen molar-refractivity contribution in [2.24, 2.45) is 0 Å². The summed E-state index contributed by atoms with van der Waals surface area (Å²) in [7, 11) is 0. The van der Waals surface area contributed by atoms with Crippen molar-refractivity contribution in [2.45, 2.75) is 12.8 Å². The molecule has 6 heteroatoms. The minimum atomic E-state index is -0.0659. The summed E-state index contributed by atoms with van der Waals surface area (Å²) < 4.78 is 8.20. The summed E-state index contributed by atoms with van der Waals surface area (Å²) >= 11 is 3.43. The quantitative estimate of drug-likeness (QED) is 0.669. The van der Waals surface area contributed by atoms with Crippen LogP contribution in [0.4, 0.5) is 0 Å². The molecular formula is C17H16BrN3O2. The molecule has 118 valence electrons. The summed E-state index contributed by atoms with van der Waals surface area (Å²) in [4.78, 5) is 16.2. The van der Waals surface area contributed by atoms with Crippen LogP contribution in [0, 0.1) is 0 Å². The van der Waals surface area contributed by atoms with Gasteiger partial charge in [0.1, 0.15) is 12.1 Å². The molecule has 0 atom stereocenters. The van der Waals surface area contributed by atoms with E-state index in [1.165, 1.54) is 0 Å². The third kappa shape index (κ3) is 3.90. The molecule has 0 aliphatic carbocycles. The number of fused-ring (bicyclic) bond motifs is 1. The normalized spacial score (nSPS) is 10.7. The number of nitrogens with zero attached hydrogens (tertiary/aromatic N) is 2. The van der Waals surface area contributed by atoms with Gasteiger partial charge in [-0.2, -0.15) is 0 Å². The van der Waals surface area contributed by atoms with Gasteiger partial charge in [0, 0.05) is 6.42 Å². The number of hydrogen-bond acceptors (Lipinski definition) is 3. The van der Waals surface area contributed by atoms with Gasteiger partial charge in [-0.15, -0.1) is 0 Å². The number of aromatic nitrogens is 2. The number of nitrogens with one attached hydrogen (secondary N) is 1. The van der Waals surface area contributed by atoms with Crippen LogP contribution in [0.3, 0.4) is 0 Å². The molecule has 1 heterocycles. The second-order valence-corrected chi connectivity index (χ2v) is 5.88. The van der Waals surface area contributed by atoms with Crippen LogP contribution in [0.25, 0.3) is 11.0 Å². The van der Waals surface area contributed by atoms with Gasteiger partial charge in [-0.1, -0.05) is 24.3 Å². The van der Waals surface area contributed by atoms with Crippen LogP contribution in [0.1, 0.15) is 12.8 Å². The van der Waals surface area contributed by atoms with Crippen LogP contribution in [0.2, 0.25) is 0 Å². The van der Waals surface area contributed by atoms with Crippen LogP contribution in [0.15, 0.2) is 59.3 Å². The van der Waals surface area contributed by atoms with Gasteiger partial charge < -0.3 is 4.74 Å². The number of carbonyl (C=O) groups is 1. The number of halogens is 1. The second kappa shape index (κ2) is 7.28. The standard InChI is InChI=1S/C17H16BrN3O2/c18-13-6-1-4-9-16(13)23-11-5-10-17(22)20-21-12-19-14-7-2-3-8-15(14)21/h1-4,6-9,12H,5,10-11H2,(H,20,22). The Balaban J connectivity index is 1.48. The maximum absolute atomic E-state index is 12.0. The zero-order valence-corrected chi connectivity index (χ0v) is 14.0. The minimum absolute atomic E-state index is 0.0659. The number of amides is 1. The molecule has 1 N–H and O–H groups in total. The van der Waals surface area contributed by atoms with Crippen LogP contribution >= 0.6 is 15.9 Å². The largest absolute Gasteiger partial charge is 0.492 e. The van der Waals surface area contributed by atoms with E-state index in [9.17, 15) is 4.79 Å². The fourth-order valence-electron chi connectivity index (χ4n) is 2.22. The summed E-state index contributed by atoms with van der Waals surface area (Å²) in [6.07, 6.45) is 2.64. The molecule has 3 rings (SSSR count). The van der Waals surface area contributed by atoms with E-state index in [4.69, 9.17) is 4.74 Å². The molecule has 0 spiro atoms. The van der Waals surface area contributed by atoms with E-state index >= 15 is 0 Å². The van der Waals surface area contributed by atoms with E-state index in [1.54, 1.807) is 11.0 Å². The highest BCUT2D eigenvalue weighted by Crippen LogP contribution is 2.23. The van der Waals surface area contributed by atoms with Crippen molar-refractivity contribution in [3.05, 3.63) is 59.3 Å². The van der Waals surface area contributed by atoms with Crippen molar-refractivity contribution in [3.8, 4) is 5.75 Å². The van der Waals surface area contributed by atoms with E-state index < -0.39 is 0 Å². The smallest absolute Gasteiger partial charge is 0.238 e. The molecule has 1 aromatic heterocycles. The van der Waals surface area contributed by atoms with Gasteiger partial charge in [0.25, 0.3) is 0 Å². The van der Waals surface area contributed by atoms with Gasteiger partial charge in [0.15, 0.2) is 0 Å². The Kier molecular flexibility index (Phi) is 4.92. The first-order chi connectivity index (χ1) is 11.2. The Bertz CT molecular complexity index is 816. The molecule has 2 aromatic carbocycles. The molecule has 0 aliphatic rings. The fourth-order valence-corrected chi connectivity index (χ4v) is 2.61. The molecule has 23 heavy (non-hydrogen) atoms. The fraction of sp³-hybridized carbons (Fsp3) is 0.176. The predicted molar refractivity (Wildman–Crippen MR) is 93.0 cm³/mol. The van der Waals surface area contributed by atoms with Crippen molar-refractivity contribution >= 4 is 32.9 Å². The van der Waals surface area contributed by atoms with Crippen molar-refractivity contribution in [3.63, 3.8) is 0 Å². The molecule has 0 unspecified atom stereocenters. The van der Waals surface area contributed by atoms with E-state index in [-0.39, 0.29) is 5.91 Å². The van der Waals surface area contributed by atoms with Gasteiger partial charge in [-0.05, 0) is 46.6 Å². The summed E-state index contributed by atoms with van der Waals surface area (Å²) in [5.41, 5.74) is 4.56. The SMILES string of the molecule is O=C(CCCOc1ccccc1Br)Nn1cnc2ccccc21. The van der Waals surface area contributed by atoms with Crippen molar-refractivity contribution < 1.29 is 9.53 Å². The van der Waals surface area contributed by atoms with E-state index in [0.717, 1.165) is 21.3 Å². The number of carbonyl (C=O) groups excluding carboxylic acids is 1. The molecule has 5 nitrogen and oxygen atoms in total. The third-order valence-electron chi connectivity index (χ3n) is 3.34. The summed E-state index contributed by atoms with van der Waals surface area (Å²) in [6, 6.07) is 15.3. The average Bonchev–Trinajstić information content (AvgIpc) is 2.96. The molecule has 0 aliphatic heterocycles. The minimum Gasteiger partial charge on any atom is -0.492 e. The summed E-state index contributed by atoms with van der Waals surface area (Å²) in [5.74, 6) is 0.720. The molecule has 3 aromatic rings. The van der Waals surface area contributed by atoms with Crippen LogP contribution in [0.5, 0.6) is 5.75 Å². The lowest BCUT2D eigenvalue weighted by molar-refractivity contribution is -0.117. The zero-order chi connectivity index (χ0) is 16.1. The van der Waals surface area contributed by atoms with Crippen LogP contribution < -0.4 is 10.2 Å². The van der Waals surface area contributed by atoms with E-state index in [0.29, 0.717) is 19.4 Å². The zero-order valence-electron chi connectivity index (χ0n) is 12.4. The molecule has 0 saturated heterocycles. The average molecular weight is 374 g/mol. The molecule has 0 bridgehead atoms. The number of benzene rings is 2. The van der Waals surface area contributed by atoms with Gasteiger partial charge in [0.05, 0.1) is 22.1 Å². The Morgan fingerprint density at radius 1 is 1.17 bits per heavy atom. The second-order valence-electron chi connectivity index (χ2n) is 5.02. The Labute approximate surface area is 142 Å². The van der Waals surface area contributed by atoms with Crippen LogP contribution in [-0.4, -0.2) is 22.2 Å². The maximum atomic E-state index is 12.0. The number of para-hydroxylation sites is 3. The number of hydrogen-bond donors (Lipinski definition) is 1. The molecular weight excluding hydrogens is 358 g/mol. The third-order valence-corrected chi connectivity index (χ3v) is 4.00. The number of ether oxygens (including phenoxy) is 1. The Morgan fingerprint density at radius 3 is 2.83 bits per heavy atom. The molecule has 0 radical (unpaired) electrons. The highest BCUT2D eigenvalue weighted by atomic mass is 79.9. The van der Waals surface area contributed by atoms with Crippen molar-refractivity contribution in [1.29, 1.82) is 0 Å². The summed E-state index contributed by atoms with van der Waals surface area (Å²) in [6.45, 7) is 0.487. The molecule has 0 saturated carbocycles.